The van der Waals surface area contributed by atoms with Crippen molar-refractivity contribution in [3.8, 4) is 5.75 Å². The number of rotatable bonds is 6. The molecule has 8 heteroatoms. The van der Waals surface area contributed by atoms with Gasteiger partial charge in [-0.25, -0.2) is 4.79 Å². The van der Waals surface area contributed by atoms with Gasteiger partial charge in [-0.15, -0.1) is 0 Å². The summed E-state index contributed by atoms with van der Waals surface area (Å²) in [4.78, 5) is 35.5. The summed E-state index contributed by atoms with van der Waals surface area (Å²) in [6.45, 7) is 5.56. The van der Waals surface area contributed by atoms with E-state index in [1.165, 1.54) is 6.07 Å². The Bertz CT molecular complexity index is 846. The highest BCUT2D eigenvalue weighted by Gasteiger charge is 2.10. The number of amides is 3. The minimum atomic E-state index is -0.614. The molecule has 0 radical (unpaired) electrons. The number of anilines is 1. The Balaban J connectivity index is 1.84. The van der Waals surface area contributed by atoms with Crippen molar-refractivity contribution < 1.29 is 23.9 Å². The minimum absolute atomic E-state index is 0.238. The molecule has 2 aromatic carbocycles. The van der Waals surface area contributed by atoms with Gasteiger partial charge in [0.1, 0.15) is 5.75 Å². The molecule has 0 aliphatic carbocycles. The molecular weight excluding hydrogens is 362 g/mol. The summed E-state index contributed by atoms with van der Waals surface area (Å²) in [5, 5.41) is 2.50. The fraction of sp³-hybridized carbons (Fsp3) is 0.250. The summed E-state index contributed by atoms with van der Waals surface area (Å²) < 4.78 is 10.2. The van der Waals surface area contributed by atoms with Crippen molar-refractivity contribution in [3.63, 3.8) is 0 Å². The van der Waals surface area contributed by atoms with Gasteiger partial charge < -0.3 is 9.47 Å². The molecule has 2 rings (SSSR count). The summed E-state index contributed by atoms with van der Waals surface area (Å²) in [5.74, 6) is -0.461. The van der Waals surface area contributed by atoms with Crippen LogP contribution >= 0.6 is 0 Å². The summed E-state index contributed by atoms with van der Waals surface area (Å²) in [7, 11) is 0. The average Bonchev–Trinajstić information content (AvgIpc) is 2.64. The smallest absolute Gasteiger partial charge is 0.411 e. The largest absolute Gasteiger partial charge is 0.484 e. The van der Waals surface area contributed by atoms with Gasteiger partial charge in [0.15, 0.2) is 6.61 Å². The first-order chi connectivity index (χ1) is 13.4. The Hall–Kier alpha value is -3.55. The van der Waals surface area contributed by atoms with Crippen LogP contribution in [0.25, 0.3) is 0 Å². The van der Waals surface area contributed by atoms with Crippen molar-refractivity contribution in [2.75, 3.05) is 18.5 Å². The van der Waals surface area contributed by atoms with E-state index in [9.17, 15) is 14.4 Å². The second-order valence-corrected chi connectivity index (χ2v) is 6.04. The number of carbonyl (C=O) groups excluding carboxylic acids is 3. The molecule has 0 unspecified atom stereocenters. The standard InChI is InChI=1S/C20H23N3O5/c1-4-27-20(26)21-16-7-5-6-15(11-16)19(25)23-22-18(24)12-28-17-9-13(2)8-14(3)10-17/h5-11H,4,12H2,1-3H3,(H,21,26)(H,22,24)(H,23,25). The first-order valence-electron chi connectivity index (χ1n) is 8.71. The maximum atomic E-state index is 12.2. The number of ether oxygens (including phenoxy) is 2. The minimum Gasteiger partial charge on any atom is -0.484 e. The van der Waals surface area contributed by atoms with Crippen LogP contribution in [0.15, 0.2) is 42.5 Å². The zero-order valence-electron chi connectivity index (χ0n) is 16.0. The normalized spacial score (nSPS) is 9.96. The van der Waals surface area contributed by atoms with Gasteiger partial charge in [-0.3, -0.25) is 25.8 Å². The molecular formula is C20H23N3O5. The van der Waals surface area contributed by atoms with E-state index in [1.807, 2.05) is 32.0 Å². The Morgan fingerprint density at radius 2 is 1.68 bits per heavy atom. The van der Waals surface area contributed by atoms with Crippen molar-refractivity contribution in [1.82, 2.24) is 10.9 Å². The molecule has 0 saturated heterocycles. The molecule has 148 valence electrons. The maximum Gasteiger partial charge on any atom is 0.411 e. The number of aryl methyl sites for hydroxylation is 2. The SMILES string of the molecule is CCOC(=O)Nc1cccc(C(=O)NNC(=O)COc2cc(C)cc(C)c2)c1. The number of hydrazine groups is 1. The summed E-state index contributed by atoms with van der Waals surface area (Å²) in [6.07, 6.45) is -0.614. The van der Waals surface area contributed by atoms with Crippen LogP contribution in [0.5, 0.6) is 5.75 Å². The lowest BCUT2D eigenvalue weighted by atomic mass is 10.1. The van der Waals surface area contributed by atoms with Crippen molar-refractivity contribution >= 4 is 23.6 Å². The van der Waals surface area contributed by atoms with E-state index in [0.29, 0.717) is 11.4 Å². The number of hydrogen-bond acceptors (Lipinski definition) is 5. The average molecular weight is 385 g/mol. The Morgan fingerprint density at radius 1 is 0.964 bits per heavy atom. The van der Waals surface area contributed by atoms with Crippen LogP contribution < -0.4 is 20.9 Å². The van der Waals surface area contributed by atoms with Gasteiger partial charge in [0, 0.05) is 11.3 Å². The first-order valence-corrected chi connectivity index (χ1v) is 8.71. The fourth-order valence-electron chi connectivity index (χ4n) is 2.42. The second kappa shape index (κ2) is 9.96. The predicted molar refractivity (Wildman–Crippen MR) is 104 cm³/mol. The van der Waals surface area contributed by atoms with Crippen LogP contribution in [-0.2, 0) is 9.53 Å². The molecule has 0 aliphatic heterocycles. The maximum absolute atomic E-state index is 12.2. The lowest BCUT2D eigenvalue weighted by Crippen LogP contribution is -2.43. The Labute approximate surface area is 163 Å². The number of benzene rings is 2. The van der Waals surface area contributed by atoms with E-state index in [-0.39, 0.29) is 18.8 Å². The molecule has 3 N–H and O–H groups in total. The number of carbonyl (C=O) groups is 3. The molecule has 3 amide bonds. The first kappa shape index (κ1) is 20.8. The second-order valence-electron chi connectivity index (χ2n) is 6.04. The zero-order valence-corrected chi connectivity index (χ0v) is 16.0. The molecule has 0 fully saturated rings. The van der Waals surface area contributed by atoms with Gasteiger partial charge in [0.2, 0.25) is 0 Å². The van der Waals surface area contributed by atoms with E-state index in [4.69, 9.17) is 9.47 Å². The van der Waals surface area contributed by atoms with Gasteiger partial charge in [-0.05, 0) is 62.2 Å². The fourth-order valence-corrected chi connectivity index (χ4v) is 2.42. The third-order valence-electron chi connectivity index (χ3n) is 3.53. The van der Waals surface area contributed by atoms with E-state index in [0.717, 1.165) is 11.1 Å². The third-order valence-corrected chi connectivity index (χ3v) is 3.53. The van der Waals surface area contributed by atoms with Crippen molar-refractivity contribution in [2.45, 2.75) is 20.8 Å². The molecule has 2 aromatic rings. The molecule has 28 heavy (non-hydrogen) atoms. The molecule has 0 bridgehead atoms. The van der Waals surface area contributed by atoms with Gasteiger partial charge in [-0.2, -0.15) is 0 Å². The molecule has 0 aliphatic rings. The highest BCUT2D eigenvalue weighted by atomic mass is 16.5. The molecule has 0 heterocycles. The summed E-state index contributed by atoms with van der Waals surface area (Å²) in [5.41, 5.74) is 7.30. The van der Waals surface area contributed by atoms with Gasteiger partial charge in [0.05, 0.1) is 6.61 Å². The van der Waals surface area contributed by atoms with Gasteiger partial charge in [-0.1, -0.05) is 12.1 Å². The topological polar surface area (TPSA) is 106 Å². The number of hydrogen-bond donors (Lipinski definition) is 3. The van der Waals surface area contributed by atoms with Crippen molar-refractivity contribution in [2.24, 2.45) is 0 Å². The predicted octanol–water partition coefficient (Wildman–Crippen LogP) is 2.71. The molecule has 0 spiro atoms. The molecule has 0 aromatic heterocycles. The molecule has 0 saturated carbocycles. The van der Waals surface area contributed by atoms with Crippen LogP contribution in [-0.4, -0.2) is 31.1 Å². The number of nitrogens with one attached hydrogen (secondary N) is 3. The van der Waals surface area contributed by atoms with Crippen LogP contribution in [0.3, 0.4) is 0 Å². The molecule has 8 nitrogen and oxygen atoms in total. The lowest BCUT2D eigenvalue weighted by molar-refractivity contribution is -0.123. The molecule has 0 atom stereocenters. The summed E-state index contributed by atoms with van der Waals surface area (Å²) >= 11 is 0. The van der Waals surface area contributed by atoms with E-state index in [1.54, 1.807) is 25.1 Å². The van der Waals surface area contributed by atoms with E-state index < -0.39 is 17.9 Å². The van der Waals surface area contributed by atoms with E-state index in [2.05, 4.69) is 16.2 Å². The van der Waals surface area contributed by atoms with Crippen LogP contribution in [0, 0.1) is 13.8 Å². The Kier molecular flexibility index (Phi) is 7.38. The summed E-state index contributed by atoms with van der Waals surface area (Å²) in [6, 6.07) is 11.9. The lowest BCUT2D eigenvalue weighted by Gasteiger charge is -2.11. The van der Waals surface area contributed by atoms with Crippen LogP contribution in [0.4, 0.5) is 10.5 Å². The van der Waals surface area contributed by atoms with Gasteiger partial charge >= 0.3 is 6.09 Å². The quantitative estimate of drug-likeness (QED) is 0.663. The monoisotopic (exact) mass is 385 g/mol. The van der Waals surface area contributed by atoms with Crippen molar-refractivity contribution in [1.29, 1.82) is 0 Å². The third kappa shape index (κ3) is 6.64. The Morgan fingerprint density at radius 3 is 2.36 bits per heavy atom. The van der Waals surface area contributed by atoms with Crippen LogP contribution in [0.2, 0.25) is 0 Å². The van der Waals surface area contributed by atoms with Crippen molar-refractivity contribution in [3.05, 3.63) is 59.2 Å². The zero-order chi connectivity index (χ0) is 20.5. The van der Waals surface area contributed by atoms with E-state index >= 15 is 0 Å². The highest BCUT2D eigenvalue weighted by molar-refractivity contribution is 5.97. The van der Waals surface area contributed by atoms with Crippen LogP contribution in [0.1, 0.15) is 28.4 Å². The highest BCUT2D eigenvalue weighted by Crippen LogP contribution is 2.16. The van der Waals surface area contributed by atoms with Gasteiger partial charge in [0.25, 0.3) is 11.8 Å².